The lowest BCUT2D eigenvalue weighted by atomic mass is 10.0. The van der Waals surface area contributed by atoms with Crippen LogP contribution in [0, 0.1) is 5.92 Å². The Hall–Kier alpha value is -0.470. The quantitative estimate of drug-likeness (QED) is 0.507. The number of hydrogen-bond donors (Lipinski definition) is 0. The Morgan fingerprint density at radius 2 is 1.45 bits per heavy atom. The Morgan fingerprint density at radius 1 is 1.05 bits per heavy atom. The van der Waals surface area contributed by atoms with Crippen LogP contribution >= 0.6 is 15.9 Å². The van der Waals surface area contributed by atoms with E-state index in [1.165, 1.54) is 0 Å². The van der Waals surface area contributed by atoms with Crippen molar-refractivity contribution in [2.24, 2.45) is 5.92 Å². The summed E-state index contributed by atoms with van der Waals surface area (Å²) in [5.74, 6) is -5.90. The van der Waals surface area contributed by atoms with Gasteiger partial charge in [0.2, 0.25) is 11.8 Å². The summed E-state index contributed by atoms with van der Waals surface area (Å²) in [5.41, 5.74) is 0. The van der Waals surface area contributed by atoms with Gasteiger partial charge in [0.1, 0.15) is 0 Å². The van der Waals surface area contributed by atoms with E-state index in [0.717, 1.165) is 0 Å². The molecule has 120 valence electrons. The molecule has 0 atom stereocenters. The van der Waals surface area contributed by atoms with Crippen molar-refractivity contribution in [2.45, 2.75) is 45.1 Å². The number of hydrogen-bond acceptors (Lipinski definition) is 1. The molecule has 0 saturated heterocycles. The second-order valence-electron chi connectivity index (χ2n) is 4.21. The van der Waals surface area contributed by atoms with Crippen molar-refractivity contribution in [3.63, 3.8) is 0 Å². The Kier molecular flexibility index (Phi) is 7.34. The first kappa shape index (κ1) is 19.5. The van der Waals surface area contributed by atoms with Crippen LogP contribution in [0.15, 0.2) is 0 Å². The number of nitrogens with zero attached hydrogens (tertiary/aromatic N) is 1. The lowest BCUT2D eigenvalue weighted by molar-refractivity contribution is -0.278. The third-order valence-corrected chi connectivity index (χ3v) is 3.25. The third-order valence-electron chi connectivity index (χ3n) is 2.89. The molecule has 1 amide bonds. The standard InChI is InChI=1S/C11H16BrF6NO/c1-3-7(4-2)19(6-5-12)9(20)8(10(13,14)15)11(16,17)18/h7-8H,3-6H2,1-2H3. The number of carbonyl (C=O) groups excluding carboxylic acids is 1. The maximum absolute atomic E-state index is 12.6. The summed E-state index contributed by atoms with van der Waals surface area (Å²) in [5, 5.41) is 0.109. The zero-order chi connectivity index (χ0) is 16.1. The Labute approximate surface area is 121 Å². The zero-order valence-corrected chi connectivity index (χ0v) is 12.6. The van der Waals surface area contributed by atoms with Crippen LogP contribution in [-0.2, 0) is 4.79 Å². The normalized spacial score (nSPS) is 13.2. The average Bonchev–Trinajstić information content (AvgIpc) is 2.25. The number of rotatable bonds is 6. The maximum Gasteiger partial charge on any atom is 0.409 e. The van der Waals surface area contributed by atoms with E-state index >= 15 is 0 Å². The van der Waals surface area contributed by atoms with Crippen molar-refractivity contribution in [1.82, 2.24) is 4.90 Å². The first-order chi connectivity index (χ1) is 9.00. The minimum Gasteiger partial charge on any atom is -0.338 e. The highest BCUT2D eigenvalue weighted by Gasteiger charge is 2.62. The molecule has 0 saturated carbocycles. The van der Waals surface area contributed by atoms with E-state index in [2.05, 4.69) is 15.9 Å². The maximum atomic E-state index is 12.6. The van der Waals surface area contributed by atoms with E-state index in [0.29, 0.717) is 4.90 Å². The molecule has 0 rings (SSSR count). The van der Waals surface area contributed by atoms with Gasteiger partial charge in [-0.1, -0.05) is 29.8 Å². The summed E-state index contributed by atoms with van der Waals surface area (Å²) in [7, 11) is 0. The molecule has 0 aromatic heterocycles. The lowest BCUT2D eigenvalue weighted by Crippen LogP contribution is -2.52. The van der Waals surface area contributed by atoms with Crippen molar-refractivity contribution in [3.05, 3.63) is 0 Å². The van der Waals surface area contributed by atoms with Gasteiger partial charge in [0.15, 0.2) is 0 Å². The molecule has 0 bridgehead atoms. The van der Waals surface area contributed by atoms with Gasteiger partial charge in [0, 0.05) is 17.9 Å². The van der Waals surface area contributed by atoms with Crippen LogP contribution in [0.4, 0.5) is 26.3 Å². The van der Waals surface area contributed by atoms with Gasteiger partial charge in [0.05, 0.1) is 0 Å². The summed E-state index contributed by atoms with van der Waals surface area (Å²) >= 11 is 2.94. The topological polar surface area (TPSA) is 20.3 Å². The number of alkyl halides is 7. The van der Waals surface area contributed by atoms with Gasteiger partial charge in [-0.2, -0.15) is 26.3 Å². The van der Waals surface area contributed by atoms with Crippen LogP contribution in [0.5, 0.6) is 0 Å². The molecule has 0 heterocycles. The van der Waals surface area contributed by atoms with Crippen molar-refractivity contribution < 1.29 is 31.1 Å². The SMILES string of the molecule is CCC(CC)N(CCBr)C(=O)C(C(F)(F)F)C(F)(F)F. The molecule has 0 aromatic carbocycles. The Balaban J connectivity index is 5.48. The van der Waals surface area contributed by atoms with Gasteiger partial charge in [-0.25, -0.2) is 0 Å². The van der Waals surface area contributed by atoms with Gasteiger partial charge >= 0.3 is 12.4 Å². The molecule has 2 nitrogen and oxygen atoms in total. The van der Waals surface area contributed by atoms with Crippen molar-refractivity contribution in [2.75, 3.05) is 11.9 Å². The van der Waals surface area contributed by atoms with Crippen LogP contribution in [0.1, 0.15) is 26.7 Å². The zero-order valence-electron chi connectivity index (χ0n) is 11.0. The van der Waals surface area contributed by atoms with E-state index in [-0.39, 0.29) is 24.7 Å². The van der Waals surface area contributed by atoms with E-state index in [1.54, 1.807) is 13.8 Å². The molecule has 0 aromatic rings. The number of amides is 1. The summed E-state index contributed by atoms with van der Waals surface area (Å²) in [4.78, 5) is 12.4. The smallest absolute Gasteiger partial charge is 0.338 e. The summed E-state index contributed by atoms with van der Waals surface area (Å²) in [6.07, 6.45) is -10.7. The fraction of sp³-hybridized carbons (Fsp3) is 0.909. The molecule has 0 N–H and O–H groups in total. The second kappa shape index (κ2) is 7.51. The van der Waals surface area contributed by atoms with E-state index in [9.17, 15) is 31.1 Å². The van der Waals surface area contributed by atoms with Crippen LogP contribution in [-0.4, -0.2) is 41.1 Å². The molecule has 0 unspecified atom stereocenters. The molecule has 20 heavy (non-hydrogen) atoms. The highest BCUT2D eigenvalue weighted by atomic mass is 79.9. The molecule has 9 heteroatoms. The van der Waals surface area contributed by atoms with Crippen LogP contribution in [0.3, 0.4) is 0 Å². The highest BCUT2D eigenvalue weighted by molar-refractivity contribution is 9.09. The first-order valence-electron chi connectivity index (χ1n) is 6.00. The summed E-state index contributed by atoms with van der Waals surface area (Å²) in [6.45, 7) is 3.02. The molecule has 0 radical (unpaired) electrons. The monoisotopic (exact) mass is 371 g/mol. The largest absolute Gasteiger partial charge is 0.409 e. The van der Waals surface area contributed by atoms with Crippen molar-refractivity contribution in [1.29, 1.82) is 0 Å². The average molecular weight is 372 g/mol. The van der Waals surface area contributed by atoms with Crippen LogP contribution < -0.4 is 0 Å². The van der Waals surface area contributed by atoms with Crippen LogP contribution in [0.25, 0.3) is 0 Å². The van der Waals surface area contributed by atoms with Gasteiger partial charge < -0.3 is 4.90 Å². The summed E-state index contributed by atoms with van der Waals surface area (Å²) < 4.78 is 75.4. The predicted octanol–water partition coefficient (Wildman–Crippen LogP) is 4.14. The fourth-order valence-electron chi connectivity index (χ4n) is 1.92. The highest BCUT2D eigenvalue weighted by Crippen LogP contribution is 2.40. The van der Waals surface area contributed by atoms with Crippen molar-refractivity contribution >= 4 is 21.8 Å². The predicted molar refractivity (Wildman–Crippen MR) is 65.5 cm³/mol. The van der Waals surface area contributed by atoms with Gasteiger partial charge in [-0.3, -0.25) is 4.79 Å². The van der Waals surface area contributed by atoms with Gasteiger partial charge in [-0.05, 0) is 12.8 Å². The van der Waals surface area contributed by atoms with E-state index < -0.39 is 30.2 Å². The molecule has 0 aliphatic carbocycles. The minimum atomic E-state index is -5.65. The Morgan fingerprint density at radius 3 is 1.70 bits per heavy atom. The van der Waals surface area contributed by atoms with Gasteiger partial charge in [-0.15, -0.1) is 0 Å². The van der Waals surface area contributed by atoms with E-state index in [1.807, 2.05) is 0 Å². The van der Waals surface area contributed by atoms with E-state index in [4.69, 9.17) is 0 Å². The second-order valence-corrected chi connectivity index (χ2v) is 5.00. The third kappa shape index (κ3) is 5.14. The number of carbonyl (C=O) groups is 1. The molecule has 0 fully saturated rings. The molecular formula is C11H16BrF6NO. The molecule has 0 spiro atoms. The van der Waals surface area contributed by atoms with Crippen molar-refractivity contribution in [3.8, 4) is 0 Å². The minimum absolute atomic E-state index is 0.109. The lowest BCUT2D eigenvalue weighted by Gasteiger charge is -2.34. The first-order valence-corrected chi connectivity index (χ1v) is 7.12. The van der Waals surface area contributed by atoms with Crippen LogP contribution in [0.2, 0.25) is 0 Å². The number of halogens is 7. The summed E-state index contributed by atoms with van der Waals surface area (Å²) in [6, 6.07) is -0.646. The Bertz CT molecular complexity index is 299. The fourth-order valence-corrected chi connectivity index (χ4v) is 2.31. The van der Waals surface area contributed by atoms with Gasteiger partial charge in [0.25, 0.3) is 0 Å². The molecular weight excluding hydrogens is 356 g/mol. The molecule has 0 aliphatic heterocycles. The molecule has 0 aliphatic rings.